The smallest absolute Gasteiger partial charge is 0.313 e. The fourth-order valence-corrected chi connectivity index (χ4v) is 3.40. The van der Waals surface area contributed by atoms with Gasteiger partial charge in [0.2, 0.25) is 0 Å². The van der Waals surface area contributed by atoms with Gasteiger partial charge in [0.25, 0.3) is 5.69 Å². The van der Waals surface area contributed by atoms with E-state index < -0.39 is 16.7 Å². The number of nitrogens with one attached hydrogen (secondary N) is 2. The molecule has 1 atom stereocenters. The topological polar surface area (TPSA) is 108 Å². The summed E-state index contributed by atoms with van der Waals surface area (Å²) in [6.07, 6.45) is 0. The summed E-state index contributed by atoms with van der Waals surface area (Å²) in [5.41, 5.74) is 1.01. The maximum absolute atomic E-state index is 13.4. The van der Waals surface area contributed by atoms with Crippen LogP contribution < -0.4 is 10.6 Å². The molecule has 1 heterocycles. The van der Waals surface area contributed by atoms with Crippen LogP contribution in [0.3, 0.4) is 0 Å². The Morgan fingerprint density at radius 1 is 1.03 bits per heavy atom. The monoisotopic (exact) mass is 429 g/mol. The van der Waals surface area contributed by atoms with Gasteiger partial charge in [-0.15, -0.1) is 0 Å². The van der Waals surface area contributed by atoms with Crippen molar-refractivity contribution in [2.75, 3.05) is 45.1 Å². The van der Waals surface area contributed by atoms with Crippen LogP contribution in [-0.4, -0.2) is 66.3 Å². The SMILES string of the molecule is CN1CCN([C@@H](CNC(=O)C(=O)Nc2ccc([N+](=O)[O-])cc2)c2ccc(F)cc2)CC1. The van der Waals surface area contributed by atoms with Gasteiger partial charge in [-0.1, -0.05) is 12.1 Å². The molecule has 0 radical (unpaired) electrons. The standard InChI is InChI=1S/C21H24FN5O4/c1-25-10-12-26(13-11-25)19(15-2-4-16(22)5-3-15)14-23-20(28)21(29)24-17-6-8-18(9-7-17)27(30)31/h2-9,19H,10-14H2,1H3,(H,23,28)(H,24,29)/t19-/m0/s1. The third-order valence-electron chi connectivity index (χ3n) is 5.23. The number of nitrogens with zero attached hydrogens (tertiary/aromatic N) is 3. The average Bonchev–Trinajstić information content (AvgIpc) is 2.76. The molecular weight excluding hydrogens is 405 g/mol. The Kier molecular flexibility index (Phi) is 7.27. The van der Waals surface area contributed by atoms with Gasteiger partial charge in [0.15, 0.2) is 0 Å². The molecule has 9 nitrogen and oxygen atoms in total. The van der Waals surface area contributed by atoms with Gasteiger partial charge in [-0.2, -0.15) is 0 Å². The van der Waals surface area contributed by atoms with Gasteiger partial charge in [-0.25, -0.2) is 4.39 Å². The van der Waals surface area contributed by atoms with Crippen molar-refractivity contribution >= 4 is 23.2 Å². The van der Waals surface area contributed by atoms with E-state index in [2.05, 4.69) is 20.4 Å². The van der Waals surface area contributed by atoms with Gasteiger partial charge in [0.1, 0.15) is 5.82 Å². The molecule has 0 unspecified atom stereocenters. The zero-order valence-corrected chi connectivity index (χ0v) is 17.1. The number of hydrogen-bond donors (Lipinski definition) is 2. The first kappa shape index (κ1) is 22.3. The van der Waals surface area contributed by atoms with Gasteiger partial charge < -0.3 is 15.5 Å². The normalized spacial score (nSPS) is 15.8. The number of rotatable bonds is 6. The van der Waals surface area contributed by atoms with Gasteiger partial charge in [-0.05, 0) is 36.9 Å². The zero-order valence-electron chi connectivity index (χ0n) is 17.1. The Morgan fingerprint density at radius 3 is 2.23 bits per heavy atom. The number of nitro benzene ring substituents is 1. The largest absolute Gasteiger partial charge is 0.346 e. The predicted molar refractivity (Wildman–Crippen MR) is 113 cm³/mol. The van der Waals surface area contributed by atoms with Crippen LogP contribution in [0, 0.1) is 15.9 Å². The van der Waals surface area contributed by atoms with E-state index in [4.69, 9.17) is 0 Å². The lowest BCUT2D eigenvalue weighted by atomic mass is 10.0. The van der Waals surface area contributed by atoms with Crippen LogP contribution in [0.5, 0.6) is 0 Å². The number of amides is 2. The Morgan fingerprint density at radius 2 is 1.65 bits per heavy atom. The lowest BCUT2D eigenvalue weighted by Gasteiger charge is -2.38. The van der Waals surface area contributed by atoms with Crippen molar-refractivity contribution < 1.29 is 18.9 Å². The summed E-state index contributed by atoms with van der Waals surface area (Å²) in [5, 5.41) is 15.8. The summed E-state index contributed by atoms with van der Waals surface area (Å²) in [6, 6.07) is 11.1. The summed E-state index contributed by atoms with van der Waals surface area (Å²) in [6.45, 7) is 3.48. The number of halogens is 1. The van der Waals surface area contributed by atoms with Crippen LogP contribution in [0.15, 0.2) is 48.5 Å². The molecule has 2 aromatic carbocycles. The van der Waals surface area contributed by atoms with Gasteiger partial charge in [0.05, 0.1) is 11.0 Å². The molecule has 2 amide bonds. The first-order valence-corrected chi connectivity index (χ1v) is 9.85. The number of non-ortho nitro benzene ring substituents is 1. The average molecular weight is 429 g/mol. The molecule has 31 heavy (non-hydrogen) atoms. The highest BCUT2D eigenvalue weighted by molar-refractivity contribution is 6.39. The predicted octanol–water partition coefficient (Wildman–Crippen LogP) is 1.78. The third kappa shape index (κ3) is 6.06. The Balaban J connectivity index is 1.62. The van der Waals surface area contributed by atoms with Gasteiger partial charge in [0, 0.05) is 50.5 Å². The molecule has 3 rings (SSSR count). The van der Waals surface area contributed by atoms with Crippen LogP contribution in [0.2, 0.25) is 0 Å². The lowest BCUT2D eigenvalue weighted by Crippen LogP contribution is -2.49. The quantitative estimate of drug-likeness (QED) is 0.412. The molecule has 1 fully saturated rings. The second kappa shape index (κ2) is 10.1. The highest BCUT2D eigenvalue weighted by Gasteiger charge is 2.25. The molecule has 1 aliphatic rings. The Hall–Kier alpha value is -3.37. The van der Waals surface area contributed by atoms with E-state index in [1.807, 2.05) is 7.05 Å². The van der Waals surface area contributed by atoms with E-state index in [1.165, 1.54) is 36.4 Å². The third-order valence-corrected chi connectivity index (χ3v) is 5.23. The summed E-state index contributed by atoms with van der Waals surface area (Å²) < 4.78 is 13.4. The molecule has 1 aliphatic heterocycles. The summed E-state index contributed by atoms with van der Waals surface area (Å²) in [4.78, 5) is 39.1. The summed E-state index contributed by atoms with van der Waals surface area (Å²) >= 11 is 0. The number of carbonyl (C=O) groups is 2. The molecule has 0 aromatic heterocycles. The summed E-state index contributed by atoms with van der Waals surface area (Å²) in [5.74, 6) is -2.03. The van der Waals surface area contributed by atoms with Crippen molar-refractivity contribution in [3.8, 4) is 0 Å². The fourth-order valence-electron chi connectivity index (χ4n) is 3.40. The Labute approximate surface area is 179 Å². The highest BCUT2D eigenvalue weighted by Crippen LogP contribution is 2.22. The van der Waals surface area contributed by atoms with E-state index in [9.17, 15) is 24.1 Å². The van der Waals surface area contributed by atoms with Crippen LogP contribution in [-0.2, 0) is 9.59 Å². The van der Waals surface area contributed by atoms with Crippen molar-refractivity contribution in [2.45, 2.75) is 6.04 Å². The molecule has 2 N–H and O–H groups in total. The molecule has 164 valence electrons. The summed E-state index contributed by atoms with van der Waals surface area (Å²) in [7, 11) is 2.04. The van der Waals surface area contributed by atoms with Crippen molar-refractivity contribution in [1.29, 1.82) is 0 Å². The minimum atomic E-state index is -0.870. The van der Waals surface area contributed by atoms with E-state index in [1.54, 1.807) is 12.1 Å². The molecule has 1 saturated heterocycles. The minimum Gasteiger partial charge on any atom is -0.346 e. The lowest BCUT2D eigenvalue weighted by molar-refractivity contribution is -0.384. The maximum Gasteiger partial charge on any atom is 0.313 e. The van der Waals surface area contributed by atoms with E-state index in [-0.39, 0.29) is 29.8 Å². The van der Waals surface area contributed by atoms with Crippen LogP contribution in [0.25, 0.3) is 0 Å². The molecule has 0 saturated carbocycles. The number of likely N-dealkylation sites (N-methyl/N-ethyl adjacent to an activating group) is 1. The highest BCUT2D eigenvalue weighted by atomic mass is 19.1. The molecule has 0 aliphatic carbocycles. The van der Waals surface area contributed by atoms with E-state index in [0.29, 0.717) is 0 Å². The number of piperazine rings is 1. The maximum atomic E-state index is 13.4. The number of nitro groups is 1. The molecule has 0 bridgehead atoms. The number of benzene rings is 2. The van der Waals surface area contributed by atoms with Crippen molar-refractivity contribution in [3.63, 3.8) is 0 Å². The number of carbonyl (C=O) groups excluding carboxylic acids is 2. The van der Waals surface area contributed by atoms with E-state index >= 15 is 0 Å². The van der Waals surface area contributed by atoms with Crippen molar-refractivity contribution in [3.05, 3.63) is 70.0 Å². The van der Waals surface area contributed by atoms with E-state index in [0.717, 1.165) is 31.7 Å². The first-order valence-electron chi connectivity index (χ1n) is 9.85. The molecule has 0 spiro atoms. The fraction of sp³-hybridized carbons (Fsp3) is 0.333. The number of anilines is 1. The first-order chi connectivity index (χ1) is 14.8. The zero-order chi connectivity index (χ0) is 22.4. The second-order valence-corrected chi connectivity index (χ2v) is 7.37. The van der Waals surface area contributed by atoms with Crippen molar-refractivity contribution in [2.24, 2.45) is 0 Å². The van der Waals surface area contributed by atoms with Gasteiger partial charge >= 0.3 is 11.8 Å². The van der Waals surface area contributed by atoms with Crippen LogP contribution in [0.1, 0.15) is 11.6 Å². The van der Waals surface area contributed by atoms with Gasteiger partial charge in [-0.3, -0.25) is 24.6 Å². The van der Waals surface area contributed by atoms with Crippen LogP contribution in [0.4, 0.5) is 15.8 Å². The Bertz CT molecular complexity index is 928. The molecule has 2 aromatic rings. The van der Waals surface area contributed by atoms with Crippen molar-refractivity contribution in [1.82, 2.24) is 15.1 Å². The van der Waals surface area contributed by atoms with Crippen LogP contribution >= 0.6 is 0 Å². The minimum absolute atomic E-state index is 0.114. The molecule has 10 heteroatoms. The molecular formula is C21H24FN5O4. The number of hydrogen-bond acceptors (Lipinski definition) is 6. The second-order valence-electron chi connectivity index (χ2n) is 7.37.